The summed E-state index contributed by atoms with van der Waals surface area (Å²) in [6, 6.07) is 50.8. The van der Waals surface area contributed by atoms with Crippen molar-refractivity contribution in [1.29, 1.82) is 21.0 Å². The maximum absolute atomic E-state index is 17.5. The van der Waals surface area contributed by atoms with Crippen LogP contribution in [-0.4, -0.2) is 24.1 Å². The number of aryl methyl sites for hydroxylation is 2. The highest BCUT2D eigenvalue weighted by molar-refractivity contribution is 6.14. The van der Waals surface area contributed by atoms with E-state index in [1.165, 1.54) is 45.5 Å². The molecule has 3 heterocycles. The summed E-state index contributed by atoms with van der Waals surface area (Å²) in [5.41, 5.74) is 4.51. The molecular formula is C68H32F3N13. The van der Waals surface area contributed by atoms with E-state index in [-0.39, 0.29) is 89.8 Å². The van der Waals surface area contributed by atoms with E-state index in [1.807, 2.05) is 0 Å². The van der Waals surface area contributed by atoms with Gasteiger partial charge in [-0.2, -0.15) is 34.2 Å². The Balaban J connectivity index is 1.28. The van der Waals surface area contributed by atoms with Gasteiger partial charge in [0.2, 0.25) is 0 Å². The molecule has 0 amide bonds. The topological polar surface area (TPSA) is 161 Å². The zero-order valence-corrected chi connectivity index (χ0v) is 44.0. The van der Waals surface area contributed by atoms with Gasteiger partial charge in [0.1, 0.15) is 17.2 Å². The molecule has 12 aromatic rings. The van der Waals surface area contributed by atoms with Crippen LogP contribution in [0.5, 0.6) is 0 Å². The fourth-order valence-electron chi connectivity index (χ4n) is 11.1. The summed E-state index contributed by atoms with van der Waals surface area (Å²) < 4.78 is 55.5. The van der Waals surface area contributed by atoms with Gasteiger partial charge in [-0.15, -0.1) is 0 Å². The Morgan fingerprint density at radius 1 is 0.405 bits per heavy atom. The maximum Gasteiger partial charge on any atom is 0.420 e. The zero-order valence-electron chi connectivity index (χ0n) is 44.0. The van der Waals surface area contributed by atoms with Crippen molar-refractivity contribution < 1.29 is 13.2 Å². The Bertz CT molecular complexity index is 4700. The van der Waals surface area contributed by atoms with Gasteiger partial charge in [-0.05, 0) is 125 Å². The van der Waals surface area contributed by atoms with Crippen LogP contribution >= 0.6 is 0 Å². The first-order valence-electron chi connectivity index (χ1n) is 25.5. The third-order valence-corrected chi connectivity index (χ3v) is 14.8. The van der Waals surface area contributed by atoms with Crippen molar-refractivity contribution in [3.63, 3.8) is 0 Å². The number of rotatable bonds is 7. The Hall–Kier alpha value is -12.7. The molecule has 13 nitrogen and oxygen atoms in total. The molecule has 0 fully saturated rings. The molecule has 9 aromatic carbocycles. The summed E-state index contributed by atoms with van der Waals surface area (Å²) in [6.45, 7) is 34.8. The van der Waals surface area contributed by atoms with Crippen LogP contribution in [-0.2, 0) is 6.18 Å². The van der Waals surface area contributed by atoms with Crippen molar-refractivity contribution in [2.24, 2.45) is 0 Å². The maximum atomic E-state index is 17.5. The van der Waals surface area contributed by atoms with Crippen molar-refractivity contribution in [3.8, 4) is 91.5 Å². The van der Waals surface area contributed by atoms with Crippen LogP contribution < -0.4 is 0 Å². The van der Waals surface area contributed by atoms with E-state index >= 15 is 13.2 Å². The number of benzene rings is 9. The minimum absolute atomic E-state index is 0.0520. The largest absolute Gasteiger partial charge is 0.420 e. The predicted octanol–water partition coefficient (Wildman–Crippen LogP) is 17.7. The van der Waals surface area contributed by atoms with E-state index in [1.54, 1.807) is 135 Å². The van der Waals surface area contributed by atoms with Crippen LogP contribution in [0.15, 0.2) is 158 Å². The van der Waals surface area contributed by atoms with Gasteiger partial charge >= 0.3 is 6.18 Å². The molecule has 0 aliphatic heterocycles. The standard InChI is InChI=1S/C68H32F3N13/c1-37-80-38(2)82-67(81-37)45-30-64(83-60-26-41(50-15-7-39(33-72)23-46(50)35-74)9-17-54(60)55-18-10-42(27-61(55)83)51-21-13-48(76-3)25-47(51)36-75)66(68(69,70)71)65(31-45)84-62-28-43(52-16-8-40(34-73)24-58(52)78-5)11-19-56(62)57-20-12-44(29-63(57)84)53-22-14-49(77-4)32-59(53)79-6/h7-32H,1-2H3. The number of hydrogen-bond acceptors (Lipinski definition) is 7. The molecule has 12 rings (SSSR count). The summed E-state index contributed by atoms with van der Waals surface area (Å²) in [5, 5.41) is 42.5. The molecule has 0 aliphatic rings. The molecular weight excluding hydrogens is 1060 g/mol. The van der Waals surface area contributed by atoms with E-state index in [2.05, 4.69) is 48.6 Å². The second-order valence-corrected chi connectivity index (χ2v) is 19.6. The van der Waals surface area contributed by atoms with Crippen LogP contribution in [0.3, 0.4) is 0 Å². The van der Waals surface area contributed by atoms with Gasteiger partial charge in [-0.25, -0.2) is 34.3 Å². The van der Waals surface area contributed by atoms with Gasteiger partial charge in [0.05, 0.1) is 95.1 Å². The molecule has 84 heavy (non-hydrogen) atoms. The summed E-state index contributed by atoms with van der Waals surface area (Å²) in [6.07, 6.45) is -5.19. The first-order chi connectivity index (χ1) is 40.7. The average Bonchev–Trinajstić information content (AvgIpc) is 1.82. The highest BCUT2D eigenvalue weighted by atomic mass is 19.4. The summed E-state index contributed by atoms with van der Waals surface area (Å²) in [4.78, 5) is 28.3. The molecule has 390 valence electrons. The van der Waals surface area contributed by atoms with E-state index in [0.29, 0.717) is 77.7 Å². The lowest BCUT2D eigenvalue weighted by Crippen LogP contribution is -2.16. The van der Waals surface area contributed by atoms with Gasteiger partial charge in [-0.1, -0.05) is 91.0 Å². The molecule has 0 bridgehead atoms. The molecule has 0 radical (unpaired) electrons. The first-order valence-corrected chi connectivity index (χ1v) is 25.5. The SMILES string of the molecule is [C-]#[N+]c1ccc(-c2ccc3c4ccc(-c5ccc(C#N)cc5C#N)cc4n(-c4cc(-c5nc(C)nc(C)n5)cc(-n5c6cc(-c7ccc(C#N)cc7[N+]#[C-])ccc6c6ccc(-c7ccc([N+]#[C-])cc7[N+]#[C-])cc65)c4C(F)(F)F)c3c2)c(C#N)c1. The zero-order chi connectivity index (χ0) is 58.7. The van der Waals surface area contributed by atoms with Crippen LogP contribution in [0.1, 0.15) is 39.5 Å². The monoisotopic (exact) mass is 1090 g/mol. The number of nitrogens with zero attached hydrogens (tertiary/aromatic N) is 13. The normalized spacial score (nSPS) is 11.1. The van der Waals surface area contributed by atoms with Gasteiger partial charge in [0, 0.05) is 38.2 Å². The number of aromatic nitrogens is 5. The van der Waals surface area contributed by atoms with E-state index < -0.39 is 11.7 Å². The van der Waals surface area contributed by atoms with Crippen molar-refractivity contribution in [2.45, 2.75) is 20.0 Å². The molecule has 0 unspecified atom stereocenters. The Kier molecular flexibility index (Phi) is 12.5. The predicted molar refractivity (Wildman–Crippen MR) is 314 cm³/mol. The van der Waals surface area contributed by atoms with Crippen LogP contribution in [0, 0.1) is 85.5 Å². The Labute approximate surface area is 477 Å². The van der Waals surface area contributed by atoms with Crippen molar-refractivity contribution in [1.82, 2.24) is 24.1 Å². The molecule has 3 aromatic heterocycles. The number of halogens is 3. The van der Waals surface area contributed by atoms with Gasteiger partial charge in [0.15, 0.2) is 28.6 Å². The molecule has 0 saturated heterocycles. The van der Waals surface area contributed by atoms with Crippen LogP contribution in [0.4, 0.5) is 35.9 Å². The number of hydrogen-bond donors (Lipinski definition) is 0. The molecule has 16 heteroatoms. The quantitative estimate of drug-likeness (QED) is 0.144. The second-order valence-electron chi connectivity index (χ2n) is 19.6. The van der Waals surface area contributed by atoms with Crippen molar-refractivity contribution >= 4 is 66.4 Å². The highest BCUT2D eigenvalue weighted by Gasteiger charge is 2.40. The third-order valence-electron chi connectivity index (χ3n) is 14.8. The third kappa shape index (κ3) is 8.65. The van der Waals surface area contributed by atoms with Crippen molar-refractivity contribution in [2.75, 3.05) is 0 Å². The van der Waals surface area contributed by atoms with Gasteiger partial charge < -0.3 is 9.13 Å². The smallest absolute Gasteiger partial charge is 0.308 e. The lowest BCUT2D eigenvalue weighted by atomic mass is 9.96. The molecule has 0 saturated carbocycles. The number of alkyl halides is 3. The lowest BCUT2D eigenvalue weighted by molar-refractivity contribution is -0.137. The van der Waals surface area contributed by atoms with E-state index in [4.69, 9.17) is 36.3 Å². The summed E-state index contributed by atoms with van der Waals surface area (Å²) >= 11 is 0. The first kappa shape index (κ1) is 52.0. The fraction of sp³-hybridized carbons (Fsp3) is 0.0441. The van der Waals surface area contributed by atoms with Gasteiger partial charge in [-0.3, -0.25) is 0 Å². The fourth-order valence-corrected chi connectivity index (χ4v) is 11.1. The Morgan fingerprint density at radius 2 is 0.798 bits per heavy atom. The number of nitriles is 4. The molecule has 0 N–H and O–H groups in total. The molecule has 0 aliphatic carbocycles. The second kappa shape index (κ2) is 20.2. The average molecular weight is 1090 g/mol. The molecule has 0 atom stereocenters. The van der Waals surface area contributed by atoms with Gasteiger partial charge in [0.25, 0.3) is 0 Å². The van der Waals surface area contributed by atoms with Crippen LogP contribution in [0.25, 0.3) is 130 Å². The minimum Gasteiger partial charge on any atom is -0.308 e. The van der Waals surface area contributed by atoms with E-state index in [0.717, 1.165) is 0 Å². The van der Waals surface area contributed by atoms with Crippen LogP contribution in [0.2, 0.25) is 0 Å². The minimum atomic E-state index is -5.19. The number of fused-ring (bicyclic) bond motifs is 6. The lowest BCUT2D eigenvalue weighted by Gasteiger charge is -2.23. The summed E-state index contributed by atoms with van der Waals surface area (Å²) in [7, 11) is 0. The van der Waals surface area contributed by atoms with Crippen molar-refractivity contribution in [3.05, 3.63) is 243 Å². The van der Waals surface area contributed by atoms with E-state index in [9.17, 15) is 21.0 Å². The Morgan fingerprint density at radius 3 is 1.23 bits per heavy atom. The summed E-state index contributed by atoms with van der Waals surface area (Å²) in [5.74, 6) is 0.643. The molecule has 0 spiro atoms. The highest BCUT2D eigenvalue weighted by Crippen LogP contribution is 2.49.